The summed E-state index contributed by atoms with van der Waals surface area (Å²) in [5, 5.41) is 9.96. The summed E-state index contributed by atoms with van der Waals surface area (Å²) in [6.45, 7) is 1.67. The largest absolute Gasteiger partial charge is 0.479 e. The highest BCUT2D eigenvalue weighted by atomic mass is 35.5. The van der Waals surface area contributed by atoms with Gasteiger partial charge in [-0.3, -0.25) is 4.79 Å². The predicted molar refractivity (Wildman–Crippen MR) is 123 cm³/mol. The maximum Gasteiger partial charge on any atom is 0.265 e. The summed E-state index contributed by atoms with van der Waals surface area (Å²) in [6, 6.07) is 23.9. The molecule has 0 fully saturated rings. The van der Waals surface area contributed by atoms with Crippen molar-refractivity contribution in [3.05, 3.63) is 83.9 Å². The van der Waals surface area contributed by atoms with Crippen molar-refractivity contribution in [1.82, 2.24) is 0 Å². The Hall–Kier alpha value is -3.09. The van der Waals surface area contributed by atoms with E-state index in [4.69, 9.17) is 28.6 Å². The monoisotopic (exact) mass is 425 g/mol. The van der Waals surface area contributed by atoms with Crippen LogP contribution in [0.2, 0.25) is 5.02 Å². The van der Waals surface area contributed by atoms with Crippen molar-refractivity contribution in [3.63, 3.8) is 0 Å². The van der Waals surface area contributed by atoms with E-state index >= 15 is 0 Å². The van der Waals surface area contributed by atoms with E-state index < -0.39 is 6.10 Å². The molecule has 0 aromatic heterocycles. The predicted octanol–water partition coefficient (Wildman–Crippen LogP) is 5.55. The quantitative estimate of drug-likeness (QED) is 0.451. The van der Waals surface area contributed by atoms with E-state index in [-0.39, 0.29) is 5.91 Å². The summed E-state index contributed by atoms with van der Waals surface area (Å²) >= 11 is 11.4. The van der Waals surface area contributed by atoms with Gasteiger partial charge in [0.05, 0.1) is 5.02 Å². The topological polar surface area (TPSA) is 62.4 Å². The van der Waals surface area contributed by atoms with Crippen molar-refractivity contribution in [2.24, 2.45) is 0 Å². The van der Waals surface area contributed by atoms with E-state index in [0.717, 1.165) is 11.4 Å². The van der Waals surface area contributed by atoms with E-state index in [1.807, 2.05) is 42.5 Å². The van der Waals surface area contributed by atoms with E-state index in [2.05, 4.69) is 16.0 Å². The van der Waals surface area contributed by atoms with E-state index in [1.54, 1.807) is 43.3 Å². The highest BCUT2D eigenvalue weighted by molar-refractivity contribution is 7.80. The number of rotatable bonds is 6. The number of para-hydroxylation sites is 2. The second-order valence-electron chi connectivity index (χ2n) is 6.20. The number of benzene rings is 3. The van der Waals surface area contributed by atoms with Gasteiger partial charge in [-0.05, 0) is 67.7 Å². The summed E-state index contributed by atoms with van der Waals surface area (Å²) in [4.78, 5) is 12.4. The standard InChI is InChI=1S/C22H20ClN3O2S/c1-15(28-20-10-6-5-9-19(20)23)21(27)24-17-11-13-18(14-12-17)26-22(29)25-16-7-3-2-4-8-16/h2-15H,1H3,(H,24,27)(H2,25,26,29). The first-order chi connectivity index (χ1) is 14.0. The third kappa shape index (κ3) is 6.20. The molecule has 3 aromatic rings. The van der Waals surface area contributed by atoms with E-state index in [1.165, 1.54) is 0 Å². The van der Waals surface area contributed by atoms with Gasteiger partial charge in [-0.2, -0.15) is 0 Å². The summed E-state index contributed by atoms with van der Waals surface area (Å²) < 4.78 is 5.63. The van der Waals surface area contributed by atoms with Gasteiger partial charge in [0.2, 0.25) is 0 Å². The summed E-state index contributed by atoms with van der Waals surface area (Å²) in [7, 11) is 0. The molecule has 0 heterocycles. The summed E-state index contributed by atoms with van der Waals surface area (Å²) in [5.74, 6) is 0.197. The normalized spacial score (nSPS) is 11.2. The van der Waals surface area contributed by atoms with Crippen molar-refractivity contribution in [2.75, 3.05) is 16.0 Å². The first-order valence-corrected chi connectivity index (χ1v) is 9.75. The zero-order valence-electron chi connectivity index (χ0n) is 15.7. The zero-order chi connectivity index (χ0) is 20.6. The molecule has 1 unspecified atom stereocenters. The fourth-order valence-electron chi connectivity index (χ4n) is 2.48. The molecule has 3 aromatic carbocycles. The Morgan fingerprint density at radius 1 is 0.828 bits per heavy atom. The molecule has 0 bridgehead atoms. The number of thiocarbonyl (C=S) groups is 1. The van der Waals surface area contributed by atoms with Crippen molar-refractivity contribution in [1.29, 1.82) is 0 Å². The number of anilines is 3. The lowest BCUT2D eigenvalue weighted by Crippen LogP contribution is -2.30. The number of amides is 1. The third-order valence-electron chi connectivity index (χ3n) is 3.95. The van der Waals surface area contributed by atoms with Crippen LogP contribution in [0.15, 0.2) is 78.9 Å². The van der Waals surface area contributed by atoms with Crippen LogP contribution in [-0.4, -0.2) is 17.1 Å². The first-order valence-electron chi connectivity index (χ1n) is 8.96. The first kappa shape index (κ1) is 20.6. The van der Waals surface area contributed by atoms with Gasteiger partial charge in [-0.1, -0.05) is 41.9 Å². The molecule has 0 radical (unpaired) electrons. The van der Waals surface area contributed by atoms with Gasteiger partial charge >= 0.3 is 0 Å². The van der Waals surface area contributed by atoms with Gasteiger partial charge in [0, 0.05) is 17.1 Å². The Bertz CT molecular complexity index is 981. The number of ether oxygens (including phenoxy) is 1. The summed E-state index contributed by atoms with van der Waals surface area (Å²) in [5.41, 5.74) is 2.36. The Morgan fingerprint density at radius 2 is 1.34 bits per heavy atom. The van der Waals surface area contributed by atoms with Crippen LogP contribution in [-0.2, 0) is 4.79 Å². The number of nitrogens with one attached hydrogen (secondary N) is 3. The van der Waals surface area contributed by atoms with Crippen LogP contribution in [0.1, 0.15) is 6.92 Å². The molecule has 148 valence electrons. The average Bonchev–Trinajstić information content (AvgIpc) is 2.72. The lowest BCUT2D eigenvalue weighted by atomic mass is 10.2. The Labute approximate surface area is 180 Å². The summed E-state index contributed by atoms with van der Waals surface area (Å²) in [6.07, 6.45) is -0.699. The van der Waals surface area contributed by atoms with Crippen LogP contribution >= 0.6 is 23.8 Å². The molecule has 0 spiro atoms. The number of hydrogen-bond donors (Lipinski definition) is 3. The Balaban J connectivity index is 1.52. The van der Waals surface area contributed by atoms with Gasteiger partial charge in [0.1, 0.15) is 5.75 Å². The average molecular weight is 426 g/mol. The number of carbonyl (C=O) groups excluding carboxylic acids is 1. The molecule has 0 saturated heterocycles. The van der Waals surface area contributed by atoms with Crippen molar-refractivity contribution in [3.8, 4) is 5.75 Å². The molecule has 7 heteroatoms. The maximum atomic E-state index is 12.4. The zero-order valence-corrected chi connectivity index (χ0v) is 17.3. The minimum absolute atomic E-state index is 0.271. The molecule has 3 N–H and O–H groups in total. The smallest absolute Gasteiger partial charge is 0.265 e. The van der Waals surface area contributed by atoms with Crippen LogP contribution in [0, 0.1) is 0 Å². The van der Waals surface area contributed by atoms with Gasteiger partial charge in [-0.25, -0.2) is 0 Å². The Kier molecular flexibility index (Phi) is 7.05. The molecule has 0 aliphatic heterocycles. The minimum Gasteiger partial charge on any atom is -0.479 e. The number of hydrogen-bond acceptors (Lipinski definition) is 3. The Morgan fingerprint density at radius 3 is 1.97 bits per heavy atom. The fraction of sp³-hybridized carbons (Fsp3) is 0.0909. The molecule has 0 aliphatic rings. The number of carbonyl (C=O) groups is 1. The van der Waals surface area contributed by atoms with Crippen molar-refractivity contribution >= 4 is 51.9 Å². The maximum absolute atomic E-state index is 12.4. The second-order valence-corrected chi connectivity index (χ2v) is 7.02. The number of halogens is 1. The SMILES string of the molecule is CC(Oc1ccccc1Cl)C(=O)Nc1ccc(NC(=S)Nc2ccccc2)cc1. The van der Waals surface area contributed by atoms with Crippen LogP contribution in [0.25, 0.3) is 0 Å². The fourth-order valence-corrected chi connectivity index (χ4v) is 2.90. The molecule has 5 nitrogen and oxygen atoms in total. The lowest BCUT2D eigenvalue weighted by Gasteiger charge is -2.16. The van der Waals surface area contributed by atoms with Crippen molar-refractivity contribution in [2.45, 2.75) is 13.0 Å². The molecule has 0 saturated carbocycles. The van der Waals surface area contributed by atoms with E-state index in [0.29, 0.717) is 21.6 Å². The molecule has 29 heavy (non-hydrogen) atoms. The molecular weight excluding hydrogens is 406 g/mol. The van der Waals surface area contributed by atoms with Crippen LogP contribution in [0.5, 0.6) is 5.75 Å². The van der Waals surface area contributed by atoms with Gasteiger partial charge < -0.3 is 20.7 Å². The van der Waals surface area contributed by atoms with E-state index in [9.17, 15) is 4.79 Å². The molecule has 3 rings (SSSR count). The lowest BCUT2D eigenvalue weighted by molar-refractivity contribution is -0.122. The van der Waals surface area contributed by atoms with Crippen molar-refractivity contribution < 1.29 is 9.53 Å². The van der Waals surface area contributed by atoms with Crippen LogP contribution in [0.4, 0.5) is 17.1 Å². The highest BCUT2D eigenvalue weighted by Gasteiger charge is 2.16. The van der Waals surface area contributed by atoms with Gasteiger partial charge in [0.15, 0.2) is 11.2 Å². The second kappa shape index (κ2) is 9.91. The van der Waals surface area contributed by atoms with Crippen LogP contribution < -0.4 is 20.7 Å². The molecule has 1 amide bonds. The van der Waals surface area contributed by atoms with Gasteiger partial charge in [-0.15, -0.1) is 0 Å². The van der Waals surface area contributed by atoms with Crippen LogP contribution in [0.3, 0.4) is 0 Å². The highest BCUT2D eigenvalue weighted by Crippen LogP contribution is 2.24. The third-order valence-corrected chi connectivity index (χ3v) is 4.47. The minimum atomic E-state index is -0.699. The molecule has 1 atom stereocenters. The molecular formula is C22H20ClN3O2S. The molecule has 0 aliphatic carbocycles. The van der Waals surface area contributed by atoms with Gasteiger partial charge in [0.25, 0.3) is 5.91 Å².